The largest absolute Gasteiger partial charge is 0.310 e. The van der Waals surface area contributed by atoms with Gasteiger partial charge in [0.2, 0.25) is 0 Å². The van der Waals surface area contributed by atoms with Gasteiger partial charge in [0.25, 0.3) is 0 Å². The smallest absolute Gasteiger partial charge is 0.0210 e. The topological polar surface area (TPSA) is 12.0 Å². The monoisotopic (exact) mass is 259 g/mol. The van der Waals surface area contributed by atoms with Crippen LogP contribution in [0.5, 0.6) is 0 Å². The first kappa shape index (κ1) is 14.6. The predicted octanol–water partition coefficient (Wildman–Crippen LogP) is 4.75. The van der Waals surface area contributed by atoms with Crippen LogP contribution in [-0.2, 0) is 6.54 Å². The zero-order valence-corrected chi connectivity index (χ0v) is 12.8. The molecule has 0 bridgehead atoms. The van der Waals surface area contributed by atoms with E-state index in [0.717, 1.165) is 12.5 Å². The Balaban J connectivity index is 1.93. The van der Waals surface area contributed by atoms with Gasteiger partial charge in [-0.2, -0.15) is 0 Å². The van der Waals surface area contributed by atoms with Gasteiger partial charge in [-0.25, -0.2) is 0 Å². The SMILES string of the molecule is CCC(NCc1cccc(C)c1C)C1CCCCC1. The van der Waals surface area contributed by atoms with Gasteiger partial charge in [-0.05, 0) is 55.7 Å². The molecule has 2 rings (SSSR count). The molecule has 0 amide bonds. The molecule has 1 aromatic carbocycles. The third kappa shape index (κ3) is 3.82. The number of hydrogen-bond acceptors (Lipinski definition) is 1. The van der Waals surface area contributed by atoms with Crippen molar-refractivity contribution in [2.75, 3.05) is 0 Å². The van der Waals surface area contributed by atoms with Gasteiger partial charge in [0.1, 0.15) is 0 Å². The summed E-state index contributed by atoms with van der Waals surface area (Å²) in [4.78, 5) is 0. The number of aryl methyl sites for hydroxylation is 1. The molecular formula is C18H29N. The Bertz CT molecular complexity index is 391. The Morgan fingerprint density at radius 2 is 1.89 bits per heavy atom. The number of rotatable bonds is 5. The maximum atomic E-state index is 3.82. The van der Waals surface area contributed by atoms with Crippen LogP contribution in [0.15, 0.2) is 18.2 Å². The summed E-state index contributed by atoms with van der Waals surface area (Å²) in [6.45, 7) is 7.81. The van der Waals surface area contributed by atoms with Crippen molar-refractivity contribution in [1.82, 2.24) is 5.32 Å². The molecule has 0 aliphatic heterocycles. The summed E-state index contributed by atoms with van der Waals surface area (Å²) < 4.78 is 0. The van der Waals surface area contributed by atoms with Crippen LogP contribution in [0.1, 0.15) is 62.1 Å². The minimum Gasteiger partial charge on any atom is -0.310 e. The van der Waals surface area contributed by atoms with Crippen LogP contribution >= 0.6 is 0 Å². The fourth-order valence-corrected chi connectivity index (χ4v) is 3.43. The molecule has 1 fully saturated rings. The van der Waals surface area contributed by atoms with Gasteiger partial charge >= 0.3 is 0 Å². The van der Waals surface area contributed by atoms with Gasteiger partial charge in [0.15, 0.2) is 0 Å². The van der Waals surface area contributed by atoms with E-state index in [1.165, 1.54) is 55.2 Å². The summed E-state index contributed by atoms with van der Waals surface area (Å²) in [5.74, 6) is 0.906. The molecule has 1 heteroatoms. The molecule has 19 heavy (non-hydrogen) atoms. The molecule has 1 aromatic rings. The number of nitrogens with one attached hydrogen (secondary N) is 1. The van der Waals surface area contributed by atoms with E-state index >= 15 is 0 Å². The van der Waals surface area contributed by atoms with E-state index in [9.17, 15) is 0 Å². The van der Waals surface area contributed by atoms with Gasteiger partial charge in [-0.3, -0.25) is 0 Å². The molecule has 1 aliphatic carbocycles. The lowest BCUT2D eigenvalue weighted by atomic mass is 9.83. The van der Waals surface area contributed by atoms with Gasteiger partial charge in [0.05, 0.1) is 0 Å². The standard InChI is InChI=1S/C18H29N/c1-4-18(16-10-6-5-7-11-16)19-13-17-12-8-9-14(2)15(17)3/h8-9,12,16,18-19H,4-7,10-11,13H2,1-3H3. The van der Waals surface area contributed by atoms with E-state index in [1.807, 2.05) is 0 Å². The Morgan fingerprint density at radius 1 is 1.16 bits per heavy atom. The molecular weight excluding hydrogens is 230 g/mol. The average molecular weight is 259 g/mol. The quantitative estimate of drug-likeness (QED) is 0.804. The average Bonchev–Trinajstić information content (AvgIpc) is 2.45. The molecule has 0 spiro atoms. The van der Waals surface area contributed by atoms with Crippen molar-refractivity contribution in [3.05, 3.63) is 34.9 Å². The maximum Gasteiger partial charge on any atom is 0.0210 e. The Kier molecular flexibility index (Phi) is 5.45. The zero-order chi connectivity index (χ0) is 13.7. The third-order valence-electron chi connectivity index (χ3n) is 4.93. The molecule has 0 saturated heterocycles. The van der Waals surface area contributed by atoms with Crippen molar-refractivity contribution < 1.29 is 0 Å². The van der Waals surface area contributed by atoms with E-state index in [1.54, 1.807) is 0 Å². The highest BCUT2D eigenvalue weighted by Crippen LogP contribution is 2.28. The number of benzene rings is 1. The highest BCUT2D eigenvalue weighted by Gasteiger charge is 2.21. The lowest BCUT2D eigenvalue weighted by Gasteiger charge is -2.30. The number of hydrogen-bond donors (Lipinski definition) is 1. The van der Waals surface area contributed by atoms with Crippen molar-refractivity contribution in [3.63, 3.8) is 0 Å². The molecule has 0 heterocycles. The summed E-state index contributed by atoms with van der Waals surface area (Å²) >= 11 is 0. The van der Waals surface area contributed by atoms with Gasteiger partial charge in [-0.15, -0.1) is 0 Å². The van der Waals surface area contributed by atoms with Crippen molar-refractivity contribution >= 4 is 0 Å². The molecule has 0 aromatic heterocycles. The first-order chi connectivity index (χ1) is 9.22. The van der Waals surface area contributed by atoms with Crippen LogP contribution in [0.4, 0.5) is 0 Å². The molecule has 106 valence electrons. The van der Waals surface area contributed by atoms with Crippen molar-refractivity contribution in [1.29, 1.82) is 0 Å². The summed E-state index contributed by atoms with van der Waals surface area (Å²) in [6.07, 6.45) is 8.44. The lowest BCUT2D eigenvalue weighted by molar-refractivity contribution is 0.261. The first-order valence-electron chi connectivity index (χ1n) is 8.00. The van der Waals surface area contributed by atoms with E-state index in [0.29, 0.717) is 6.04 Å². The molecule has 1 atom stereocenters. The second-order valence-electron chi connectivity index (χ2n) is 6.15. The van der Waals surface area contributed by atoms with Gasteiger partial charge in [-0.1, -0.05) is 44.4 Å². The van der Waals surface area contributed by atoms with E-state index in [4.69, 9.17) is 0 Å². The van der Waals surface area contributed by atoms with Gasteiger partial charge in [0, 0.05) is 12.6 Å². The second-order valence-corrected chi connectivity index (χ2v) is 6.15. The predicted molar refractivity (Wildman–Crippen MR) is 83.4 cm³/mol. The minimum absolute atomic E-state index is 0.709. The van der Waals surface area contributed by atoms with E-state index in [2.05, 4.69) is 44.3 Å². The Hall–Kier alpha value is -0.820. The Labute approximate surface area is 118 Å². The minimum atomic E-state index is 0.709. The highest BCUT2D eigenvalue weighted by atomic mass is 14.9. The summed E-state index contributed by atoms with van der Waals surface area (Å²) in [5.41, 5.74) is 4.33. The van der Waals surface area contributed by atoms with Crippen LogP contribution < -0.4 is 5.32 Å². The van der Waals surface area contributed by atoms with Crippen LogP contribution in [0.3, 0.4) is 0 Å². The van der Waals surface area contributed by atoms with Crippen LogP contribution in [0.25, 0.3) is 0 Å². The van der Waals surface area contributed by atoms with Crippen molar-refractivity contribution in [2.45, 2.75) is 71.9 Å². The highest BCUT2D eigenvalue weighted by molar-refractivity contribution is 5.32. The van der Waals surface area contributed by atoms with E-state index < -0.39 is 0 Å². The summed E-state index contributed by atoms with van der Waals surface area (Å²) in [7, 11) is 0. The summed E-state index contributed by atoms with van der Waals surface area (Å²) in [5, 5.41) is 3.82. The fourth-order valence-electron chi connectivity index (χ4n) is 3.43. The van der Waals surface area contributed by atoms with Crippen molar-refractivity contribution in [2.24, 2.45) is 5.92 Å². The maximum absolute atomic E-state index is 3.82. The molecule has 1 saturated carbocycles. The molecule has 0 radical (unpaired) electrons. The molecule has 1 aliphatic rings. The van der Waals surface area contributed by atoms with Crippen molar-refractivity contribution in [3.8, 4) is 0 Å². The molecule has 1 N–H and O–H groups in total. The second kappa shape index (κ2) is 7.09. The van der Waals surface area contributed by atoms with Gasteiger partial charge < -0.3 is 5.32 Å². The van der Waals surface area contributed by atoms with Crippen LogP contribution in [0, 0.1) is 19.8 Å². The molecule has 1 unspecified atom stereocenters. The van der Waals surface area contributed by atoms with E-state index in [-0.39, 0.29) is 0 Å². The first-order valence-corrected chi connectivity index (χ1v) is 8.00. The van der Waals surface area contributed by atoms with Crippen LogP contribution in [-0.4, -0.2) is 6.04 Å². The zero-order valence-electron chi connectivity index (χ0n) is 12.8. The third-order valence-corrected chi connectivity index (χ3v) is 4.93. The summed E-state index contributed by atoms with van der Waals surface area (Å²) in [6, 6.07) is 7.36. The lowest BCUT2D eigenvalue weighted by Crippen LogP contribution is -2.36. The Morgan fingerprint density at radius 3 is 2.58 bits per heavy atom. The fraction of sp³-hybridized carbons (Fsp3) is 0.667. The van der Waals surface area contributed by atoms with Crippen LogP contribution in [0.2, 0.25) is 0 Å². The molecule has 1 nitrogen and oxygen atoms in total. The normalized spacial score (nSPS) is 18.5.